The molecule has 1 N–H and O–H groups in total. The van der Waals surface area contributed by atoms with E-state index in [1.807, 2.05) is 17.0 Å². The van der Waals surface area contributed by atoms with E-state index in [0.29, 0.717) is 12.5 Å². The number of nitrogens with one attached hydrogen (secondary N) is 1. The molecule has 0 saturated carbocycles. The molecule has 1 fully saturated rings. The highest BCUT2D eigenvalue weighted by Gasteiger charge is 2.23. The molecule has 1 saturated heterocycles. The Hall–Kier alpha value is -1.30. The summed E-state index contributed by atoms with van der Waals surface area (Å²) < 4.78 is 6.23. The summed E-state index contributed by atoms with van der Waals surface area (Å²) in [5.41, 5.74) is 0. The van der Waals surface area contributed by atoms with Gasteiger partial charge in [0.1, 0.15) is 5.82 Å². The summed E-state index contributed by atoms with van der Waals surface area (Å²) in [6, 6.07) is 3.94. The first-order valence-corrected chi connectivity index (χ1v) is 8.75. The van der Waals surface area contributed by atoms with Gasteiger partial charge in [-0.15, -0.1) is 0 Å². The Morgan fingerprint density at radius 1 is 1.45 bits per heavy atom. The van der Waals surface area contributed by atoms with Gasteiger partial charge in [0.05, 0.1) is 6.61 Å². The molecule has 0 radical (unpaired) electrons. The summed E-state index contributed by atoms with van der Waals surface area (Å²) in [5.74, 6) is 1.47. The van der Waals surface area contributed by atoms with Crippen LogP contribution in [0.2, 0.25) is 0 Å². The predicted octanol–water partition coefficient (Wildman–Crippen LogP) is 3.90. The first kappa shape index (κ1) is 17.1. The minimum Gasteiger partial charge on any atom is -0.449 e. The Morgan fingerprint density at radius 2 is 2.23 bits per heavy atom. The molecule has 2 heterocycles. The monoisotopic (exact) mass is 369 g/mol. The fourth-order valence-electron chi connectivity index (χ4n) is 2.44. The van der Waals surface area contributed by atoms with E-state index in [9.17, 15) is 4.79 Å². The van der Waals surface area contributed by atoms with E-state index in [1.54, 1.807) is 6.20 Å². The molecule has 122 valence electrons. The molecule has 0 bridgehead atoms. The van der Waals surface area contributed by atoms with Crippen LogP contribution < -0.4 is 5.32 Å². The van der Waals surface area contributed by atoms with Crippen LogP contribution in [-0.4, -0.2) is 42.2 Å². The Morgan fingerprint density at radius 3 is 2.86 bits per heavy atom. The van der Waals surface area contributed by atoms with E-state index in [2.05, 4.69) is 33.2 Å². The molecule has 0 aromatic carbocycles. The number of pyridine rings is 1. The summed E-state index contributed by atoms with van der Waals surface area (Å²) >= 11 is 3.38. The van der Waals surface area contributed by atoms with Gasteiger partial charge in [0.15, 0.2) is 0 Å². The van der Waals surface area contributed by atoms with Gasteiger partial charge < -0.3 is 15.0 Å². The van der Waals surface area contributed by atoms with Crippen molar-refractivity contribution in [1.82, 2.24) is 9.88 Å². The van der Waals surface area contributed by atoms with Crippen LogP contribution in [0.5, 0.6) is 0 Å². The van der Waals surface area contributed by atoms with Gasteiger partial charge in [-0.3, -0.25) is 0 Å². The minimum absolute atomic E-state index is 0.158. The van der Waals surface area contributed by atoms with Crippen molar-refractivity contribution < 1.29 is 9.53 Å². The first-order valence-electron chi connectivity index (χ1n) is 7.96. The third-order valence-corrected chi connectivity index (χ3v) is 4.36. The highest BCUT2D eigenvalue weighted by molar-refractivity contribution is 9.10. The SMILES string of the molecule is CCCCOC(=O)N1CCC(CNc2ccc(Br)cn2)CC1. The molecule has 2 rings (SSSR count). The number of hydrogen-bond donors (Lipinski definition) is 1. The van der Waals surface area contributed by atoms with Crippen LogP contribution in [0.25, 0.3) is 0 Å². The normalized spacial score (nSPS) is 15.6. The van der Waals surface area contributed by atoms with Crippen molar-refractivity contribution in [3.63, 3.8) is 0 Å². The number of aromatic nitrogens is 1. The highest BCUT2D eigenvalue weighted by atomic mass is 79.9. The molecule has 0 aliphatic carbocycles. The van der Waals surface area contributed by atoms with Gasteiger partial charge in [-0.05, 0) is 53.2 Å². The summed E-state index contributed by atoms with van der Waals surface area (Å²) in [5, 5.41) is 3.36. The number of halogens is 1. The molecular weight excluding hydrogens is 346 g/mol. The minimum atomic E-state index is -0.158. The van der Waals surface area contributed by atoms with Gasteiger partial charge in [-0.2, -0.15) is 0 Å². The third-order valence-electron chi connectivity index (χ3n) is 3.90. The number of amides is 1. The number of piperidine rings is 1. The lowest BCUT2D eigenvalue weighted by atomic mass is 9.97. The number of rotatable bonds is 6. The smallest absolute Gasteiger partial charge is 0.409 e. The van der Waals surface area contributed by atoms with Crippen LogP contribution in [0, 0.1) is 5.92 Å². The standard InChI is InChI=1S/C16H24BrN3O2/c1-2-3-10-22-16(21)20-8-6-13(7-9-20)11-18-15-5-4-14(17)12-19-15/h4-5,12-13H,2-3,6-11H2,1H3,(H,18,19). The van der Waals surface area contributed by atoms with Crippen LogP contribution in [-0.2, 0) is 4.74 Å². The van der Waals surface area contributed by atoms with Crippen molar-refractivity contribution in [2.75, 3.05) is 31.6 Å². The molecule has 0 spiro atoms. The van der Waals surface area contributed by atoms with E-state index in [4.69, 9.17) is 4.74 Å². The number of anilines is 1. The van der Waals surface area contributed by atoms with Crippen LogP contribution in [0.4, 0.5) is 10.6 Å². The van der Waals surface area contributed by atoms with E-state index in [-0.39, 0.29) is 6.09 Å². The van der Waals surface area contributed by atoms with Crippen molar-refractivity contribution in [2.45, 2.75) is 32.6 Å². The van der Waals surface area contributed by atoms with E-state index < -0.39 is 0 Å². The molecule has 1 aliphatic heterocycles. The van der Waals surface area contributed by atoms with Crippen LogP contribution in [0.1, 0.15) is 32.6 Å². The highest BCUT2D eigenvalue weighted by Crippen LogP contribution is 2.19. The van der Waals surface area contributed by atoms with Crippen molar-refractivity contribution in [3.8, 4) is 0 Å². The van der Waals surface area contributed by atoms with E-state index in [1.165, 1.54) is 0 Å². The number of carbonyl (C=O) groups is 1. The van der Waals surface area contributed by atoms with Crippen LogP contribution in [0.15, 0.2) is 22.8 Å². The second-order valence-corrected chi connectivity index (χ2v) is 6.56. The topological polar surface area (TPSA) is 54.5 Å². The van der Waals surface area contributed by atoms with Crippen molar-refractivity contribution in [1.29, 1.82) is 0 Å². The summed E-state index contributed by atoms with van der Waals surface area (Å²) in [6.07, 6.45) is 5.63. The fraction of sp³-hybridized carbons (Fsp3) is 0.625. The van der Waals surface area contributed by atoms with Gasteiger partial charge in [0.25, 0.3) is 0 Å². The molecule has 0 atom stereocenters. The number of ether oxygens (including phenoxy) is 1. The Kier molecular flexibility index (Phi) is 6.96. The van der Waals surface area contributed by atoms with Crippen molar-refractivity contribution in [3.05, 3.63) is 22.8 Å². The van der Waals surface area contributed by atoms with Gasteiger partial charge in [-0.25, -0.2) is 9.78 Å². The lowest BCUT2D eigenvalue weighted by Crippen LogP contribution is -2.40. The molecule has 1 aliphatic rings. The number of carbonyl (C=O) groups excluding carboxylic acids is 1. The van der Waals surface area contributed by atoms with E-state index >= 15 is 0 Å². The van der Waals surface area contributed by atoms with Gasteiger partial charge >= 0.3 is 6.09 Å². The summed E-state index contributed by atoms with van der Waals surface area (Å²) in [7, 11) is 0. The average Bonchev–Trinajstić information content (AvgIpc) is 2.55. The summed E-state index contributed by atoms with van der Waals surface area (Å²) in [4.78, 5) is 18.0. The fourth-order valence-corrected chi connectivity index (χ4v) is 2.68. The maximum Gasteiger partial charge on any atom is 0.409 e. The lowest BCUT2D eigenvalue weighted by Gasteiger charge is -2.31. The van der Waals surface area contributed by atoms with Gasteiger partial charge in [0, 0.05) is 30.3 Å². The molecule has 5 nitrogen and oxygen atoms in total. The number of hydrogen-bond acceptors (Lipinski definition) is 4. The number of unbranched alkanes of at least 4 members (excludes halogenated alkanes) is 1. The zero-order valence-corrected chi connectivity index (χ0v) is 14.6. The second-order valence-electron chi connectivity index (χ2n) is 5.64. The largest absolute Gasteiger partial charge is 0.449 e. The zero-order chi connectivity index (χ0) is 15.8. The maximum atomic E-state index is 11.9. The van der Waals surface area contributed by atoms with Gasteiger partial charge in [0.2, 0.25) is 0 Å². The number of likely N-dealkylation sites (tertiary alicyclic amines) is 1. The second kappa shape index (κ2) is 8.98. The molecule has 1 amide bonds. The Balaban J connectivity index is 1.66. The molecule has 1 aromatic rings. The van der Waals surface area contributed by atoms with Crippen LogP contribution >= 0.6 is 15.9 Å². The Bertz CT molecular complexity index is 459. The van der Waals surface area contributed by atoms with E-state index in [0.717, 1.165) is 55.6 Å². The summed E-state index contributed by atoms with van der Waals surface area (Å²) in [6.45, 7) is 5.09. The van der Waals surface area contributed by atoms with Gasteiger partial charge in [-0.1, -0.05) is 13.3 Å². The lowest BCUT2D eigenvalue weighted by molar-refractivity contribution is 0.0876. The zero-order valence-electron chi connectivity index (χ0n) is 13.1. The molecular formula is C16H24BrN3O2. The molecule has 0 unspecified atom stereocenters. The molecule has 1 aromatic heterocycles. The Labute approximate surface area is 140 Å². The van der Waals surface area contributed by atoms with Crippen molar-refractivity contribution in [2.24, 2.45) is 5.92 Å². The molecule has 6 heteroatoms. The first-order chi connectivity index (χ1) is 10.7. The predicted molar refractivity (Wildman–Crippen MR) is 91.0 cm³/mol. The number of nitrogens with zero attached hydrogens (tertiary/aromatic N) is 2. The average molecular weight is 370 g/mol. The molecule has 22 heavy (non-hydrogen) atoms. The van der Waals surface area contributed by atoms with Crippen molar-refractivity contribution >= 4 is 27.8 Å². The quantitative estimate of drug-likeness (QED) is 0.772. The van der Waals surface area contributed by atoms with Crippen LogP contribution in [0.3, 0.4) is 0 Å². The maximum absolute atomic E-state index is 11.9. The third kappa shape index (κ3) is 5.48.